The third kappa shape index (κ3) is 7.31. The molecule has 0 bridgehead atoms. The van der Waals surface area contributed by atoms with Crippen LogP contribution in [0.25, 0.3) is 110 Å². The van der Waals surface area contributed by atoms with Crippen molar-refractivity contribution in [2.45, 2.75) is 0 Å². The van der Waals surface area contributed by atoms with Crippen molar-refractivity contribution in [2.24, 2.45) is 0 Å². The maximum atomic E-state index is 5.35. The van der Waals surface area contributed by atoms with Crippen molar-refractivity contribution in [2.75, 3.05) is 0 Å². The van der Waals surface area contributed by atoms with Crippen LogP contribution in [0, 0.1) is 0 Å². The second-order valence-electron chi connectivity index (χ2n) is 15.3. The van der Waals surface area contributed by atoms with Crippen LogP contribution in [0.15, 0.2) is 224 Å². The lowest BCUT2D eigenvalue weighted by Crippen LogP contribution is -2.01. The fraction of sp³-hybridized carbons (Fsp3) is 0. The molecule has 0 aliphatic heterocycles. The highest BCUT2D eigenvalue weighted by Gasteiger charge is 2.18. The smallest absolute Gasteiger partial charge is 0.164 e. The number of thiophene rings is 1. The average molecular weight is 796 g/mol. The summed E-state index contributed by atoms with van der Waals surface area (Å²) < 4.78 is 2.44. The fourth-order valence-electron chi connectivity index (χ4n) is 8.19. The van der Waals surface area contributed by atoms with Crippen LogP contribution in [-0.2, 0) is 0 Å². The Hall–Kier alpha value is -7.79. The Morgan fingerprint density at radius 3 is 0.852 bits per heavy atom. The Balaban J connectivity index is 1.12. The molecule has 0 saturated heterocycles. The monoisotopic (exact) mass is 795 g/mol. The Kier molecular flexibility index (Phi) is 9.38. The molecule has 11 rings (SSSR count). The summed E-state index contributed by atoms with van der Waals surface area (Å²) in [5.41, 5.74) is 14.1. The number of fused-ring (bicyclic) bond motifs is 3. The molecule has 2 aromatic heterocycles. The van der Waals surface area contributed by atoms with Gasteiger partial charge in [0, 0.05) is 36.9 Å². The number of benzene rings is 9. The van der Waals surface area contributed by atoms with Gasteiger partial charge in [-0.2, -0.15) is 0 Å². The van der Waals surface area contributed by atoms with E-state index in [2.05, 4.69) is 224 Å². The van der Waals surface area contributed by atoms with Crippen molar-refractivity contribution in [1.29, 1.82) is 0 Å². The van der Waals surface area contributed by atoms with Crippen LogP contribution in [0.3, 0.4) is 0 Å². The molecule has 0 atom stereocenters. The summed E-state index contributed by atoms with van der Waals surface area (Å²) in [6, 6.07) is 79.5. The van der Waals surface area contributed by atoms with E-state index in [1.807, 2.05) is 11.3 Å². The summed E-state index contributed by atoms with van der Waals surface area (Å²) in [5, 5.41) is 2.48. The van der Waals surface area contributed by atoms with Crippen LogP contribution in [0.4, 0.5) is 0 Å². The van der Waals surface area contributed by atoms with Crippen LogP contribution in [-0.4, -0.2) is 15.0 Å². The molecule has 0 spiro atoms. The number of nitrogens with zero attached hydrogens (tertiary/aromatic N) is 3. The second-order valence-corrected chi connectivity index (χ2v) is 16.3. The lowest BCUT2D eigenvalue weighted by Gasteiger charge is -2.14. The van der Waals surface area contributed by atoms with E-state index in [1.54, 1.807) is 0 Å². The molecule has 0 aliphatic rings. The standard InChI is InChI=1S/C57H37N3S/c1-6-16-38(17-7-1)43-26-28-51-52-29-27-44(37-54(52)61-53(51)36-43)55-58-56(49-32-45(39-18-8-2-9-19-39)30-46(33-49)40-20-10-3-11-21-40)60-57(59-55)50-34-47(41-22-12-4-13-23-41)31-48(35-50)42-24-14-5-15-25-42/h1-37H. The molecule has 4 heteroatoms. The zero-order valence-corrected chi connectivity index (χ0v) is 33.9. The highest BCUT2D eigenvalue weighted by molar-refractivity contribution is 7.25. The summed E-state index contributed by atoms with van der Waals surface area (Å²) in [7, 11) is 0. The first kappa shape index (κ1) is 36.3. The Morgan fingerprint density at radius 1 is 0.213 bits per heavy atom. The fourth-order valence-corrected chi connectivity index (χ4v) is 9.38. The first-order valence-electron chi connectivity index (χ1n) is 20.5. The van der Waals surface area contributed by atoms with Crippen LogP contribution in [0.1, 0.15) is 0 Å². The summed E-state index contributed by atoms with van der Waals surface area (Å²) in [5.74, 6) is 1.86. The normalized spacial score (nSPS) is 11.3. The molecule has 0 saturated carbocycles. The highest BCUT2D eigenvalue weighted by Crippen LogP contribution is 2.40. The lowest BCUT2D eigenvalue weighted by atomic mass is 9.95. The quantitative estimate of drug-likeness (QED) is 0.154. The Bertz CT molecular complexity index is 3070. The molecule has 11 aromatic rings. The van der Waals surface area contributed by atoms with Gasteiger partial charge in [-0.25, -0.2) is 15.0 Å². The second kappa shape index (κ2) is 15.8. The molecule has 3 nitrogen and oxygen atoms in total. The third-order valence-corrected chi connectivity index (χ3v) is 12.4. The molecule has 2 heterocycles. The summed E-state index contributed by atoms with van der Waals surface area (Å²) in [6.07, 6.45) is 0. The van der Waals surface area contributed by atoms with Crippen molar-refractivity contribution in [1.82, 2.24) is 15.0 Å². The zero-order valence-electron chi connectivity index (χ0n) is 33.1. The molecule has 0 fully saturated rings. The van der Waals surface area contributed by atoms with E-state index in [1.165, 1.54) is 31.3 Å². The minimum absolute atomic E-state index is 0.616. The van der Waals surface area contributed by atoms with Gasteiger partial charge < -0.3 is 0 Å². The van der Waals surface area contributed by atoms with E-state index >= 15 is 0 Å². The largest absolute Gasteiger partial charge is 0.208 e. The average Bonchev–Trinajstić information content (AvgIpc) is 3.72. The third-order valence-electron chi connectivity index (χ3n) is 11.3. The number of rotatable bonds is 8. The van der Waals surface area contributed by atoms with Gasteiger partial charge in [0.25, 0.3) is 0 Å². The molecule has 286 valence electrons. The van der Waals surface area contributed by atoms with E-state index in [4.69, 9.17) is 15.0 Å². The Morgan fingerprint density at radius 2 is 0.492 bits per heavy atom. The summed E-state index contributed by atoms with van der Waals surface area (Å²) in [6.45, 7) is 0. The molecule has 0 unspecified atom stereocenters. The van der Waals surface area contributed by atoms with Crippen molar-refractivity contribution >= 4 is 31.5 Å². The molecule has 0 N–H and O–H groups in total. The lowest BCUT2D eigenvalue weighted by molar-refractivity contribution is 1.07. The number of hydrogen-bond donors (Lipinski definition) is 0. The topological polar surface area (TPSA) is 38.7 Å². The van der Waals surface area contributed by atoms with Gasteiger partial charge >= 0.3 is 0 Å². The van der Waals surface area contributed by atoms with Crippen LogP contribution in [0.2, 0.25) is 0 Å². The predicted octanol–water partition coefficient (Wildman–Crippen LogP) is 15.6. The first-order chi connectivity index (χ1) is 30.2. The molecular weight excluding hydrogens is 759 g/mol. The maximum Gasteiger partial charge on any atom is 0.164 e. The molecule has 0 aliphatic carbocycles. The van der Waals surface area contributed by atoms with Gasteiger partial charge in [0.15, 0.2) is 17.5 Å². The highest BCUT2D eigenvalue weighted by atomic mass is 32.1. The van der Waals surface area contributed by atoms with Crippen molar-refractivity contribution in [3.05, 3.63) is 224 Å². The van der Waals surface area contributed by atoms with Gasteiger partial charge in [-0.3, -0.25) is 0 Å². The number of hydrogen-bond acceptors (Lipinski definition) is 4. The van der Waals surface area contributed by atoms with Gasteiger partial charge in [0.05, 0.1) is 0 Å². The molecular formula is C57H37N3S. The minimum Gasteiger partial charge on any atom is -0.208 e. The van der Waals surface area contributed by atoms with Crippen molar-refractivity contribution in [3.8, 4) is 89.8 Å². The van der Waals surface area contributed by atoms with Gasteiger partial charge in [-0.05, 0) is 104 Å². The van der Waals surface area contributed by atoms with Gasteiger partial charge in [-0.15, -0.1) is 11.3 Å². The van der Waals surface area contributed by atoms with Crippen LogP contribution in [0.5, 0.6) is 0 Å². The van der Waals surface area contributed by atoms with Crippen LogP contribution >= 0.6 is 11.3 Å². The number of aromatic nitrogens is 3. The van der Waals surface area contributed by atoms with E-state index < -0.39 is 0 Å². The molecule has 0 amide bonds. The van der Waals surface area contributed by atoms with E-state index in [-0.39, 0.29) is 0 Å². The van der Waals surface area contributed by atoms with Gasteiger partial charge in [0.1, 0.15) is 0 Å². The van der Waals surface area contributed by atoms with Gasteiger partial charge in [-0.1, -0.05) is 176 Å². The van der Waals surface area contributed by atoms with Gasteiger partial charge in [0.2, 0.25) is 0 Å². The van der Waals surface area contributed by atoms with Crippen molar-refractivity contribution in [3.63, 3.8) is 0 Å². The molecule has 9 aromatic carbocycles. The summed E-state index contributed by atoms with van der Waals surface area (Å²) in [4.78, 5) is 16.0. The summed E-state index contributed by atoms with van der Waals surface area (Å²) >= 11 is 1.81. The molecule has 0 radical (unpaired) electrons. The van der Waals surface area contributed by atoms with E-state index in [0.717, 1.165) is 61.2 Å². The Labute approximate surface area is 359 Å². The maximum absolute atomic E-state index is 5.35. The SMILES string of the molecule is c1ccc(-c2cc(-c3ccccc3)cc(-c3nc(-c4cc(-c5ccccc5)cc(-c5ccccc5)c4)nc(-c4ccc5c(c4)sc4cc(-c6ccccc6)ccc45)n3)c2)cc1. The first-order valence-corrected chi connectivity index (χ1v) is 21.3. The minimum atomic E-state index is 0.616. The van der Waals surface area contributed by atoms with Crippen LogP contribution < -0.4 is 0 Å². The van der Waals surface area contributed by atoms with E-state index in [0.29, 0.717) is 17.5 Å². The predicted molar refractivity (Wildman–Crippen MR) is 256 cm³/mol. The van der Waals surface area contributed by atoms with Crippen molar-refractivity contribution < 1.29 is 0 Å². The molecule has 61 heavy (non-hydrogen) atoms. The van der Waals surface area contributed by atoms with E-state index in [9.17, 15) is 0 Å². The zero-order chi connectivity index (χ0) is 40.5.